The van der Waals surface area contributed by atoms with Crippen LogP contribution < -0.4 is 0 Å². The molecule has 0 bridgehead atoms. The molecule has 84 valence electrons. The second-order valence-electron chi connectivity index (χ2n) is 3.67. The summed E-state index contributed by atoms with van der Waals surface area (Å²) in [5, 5.41) is 8.60. The molecule has 15 heavy (non-hydrogen) atoms. The van der Waals surface area contributed by atoms with E-state index in [-0.39, 0.29) is 18.1 Å². The van der Waals surface area contributed by atoms with Crippen LogP contribution in [0.1, 0.15) is 45.4 Å². The molecule has 0 aromatic heterocycles. The van der Waals surface area contributed by atoms with Crippen molar-refractivity contribution < 1.29 is 14.7 Å². The summed E-state index contributed by atoms with van der Waals surface area (Å²) < 4.78 is 0. The van der Waals surface area contributed by atoms with Gasteiger partial charge < -0.3 is 5.11 Å². The molecule has 0 rings (SSSR count). The summed E-state index contributed by atoms with van der Waals surface area (Å²) in [6.07, 6.45) is 8.04. The maximum Gasteiger partial charge on any atom is 0.303 e. The fraction of sp³-hybridized carbons (Fsp3) is 0.667. The number of ketones is 1. The molecule has 0 aliphatic heterocycles. The number of aliphatic carboxylic acids is 1. The van der Waals surface area contributed by atoms with E-state index in [0.717, 1.165) is 6.42 Å². The molecule has 0 aliphatic rings. The molecular weight excluding hydrogens is 192 g/mol. The Morgan fingerprint density at radius 3 is 2.53 bits per heavy atom. The van der Waals surface area contributed by atoms with Crippen LogP contribution in [-0.4, -0.2) is 16.9 Å². The van der Waals surface area contributed by atoms with E-state index in [4.69, 9.17) is 11.5 Å². The highest BCUT2D eigenvalue weighted by Gasteiger charge is 2.14. The summed E-state index contributed by atoms with van der Waals surface area (Å²) in [4.78, 5) is 21.9. The molecule has 0 aromatic rings. The molecule has 1 atom stereocenters. The zero-order valence-electron chi connectivity index (χ0n) is 9.16. The maximum absolute atomic E-state index is 11.4. The van der Waals surface area contributed by atoms with Gasteiger partial charge in [-0.25, -0.2) is 0 Å². The lowest BCUT2D eigenvalue weighted by molar-refractivity contribution is -0.138. The largest absolute Gasteiger partial charge is 0.481 e. The Labute approximate surface area is 90.9 Å². The Bertz CT molecular complexity index is 250. The molecule has 0 aliphatic carbocycles. The van der Waals surface area contributed by atoms with Crippen LogP contribution in [0.15, 0.2) is 0 Å². The molecule has 0 aromatic carbocycles. The van der Waals surface area contributed by atoms with Crippen LogP contribution in [0.4, 0.5) is 0 Å². The molecule has 0 amide bonds. The monoisotopic (exact) mass is 210 g/mol. The van der Waals surface area contributed by atoms with Gasteiger partial charge in [-0.3, -0.25) is 9.59 Å². The molecule has 0 fully saturated rings. The number of hydrogen-bond acceptors (Lipinski definition) is 2. The van der Waals surface area contributed by atoms with Crippen LogP contribution in [0.5, 0.6) is 0 Å². The van der Waals surface area contributed by atoms with Crippen molar-refractivity contribution in [3.8, 4) is 12.3 Å². The van der Waals surface area contributed by atoms with Crippen LogP contribution in [0.3, 0.4) is 0 Å². The number of carboxylic acids is 1. The normalized spacial score (nSPS) is 11.7. The molecule has 3 heteroatoms. The molecule has 0 spiro atoms. The lowest BCUT2D eigenvalue weighted by Crippen LogP contribution is -2.12. The van der Waals surface area contributed by atoms with Gasteiger partial charge in [-0.15, -0.1) is 12.3 Å². The number of carbonyl (C=O) groups excluding carboxylic acids is 1. The van der Waals surface area contributed by atoms with Gasteiger partial charge in [-0.1, -0.05) is 13.3 Å². The molecule has 1 N–H and O–H groups in total. The average Bonchev–Trinajstić information content (AvgIpc) is 2.16. The van der Waals surface area contributed by atoms with Crippen LogP contribution in [-0.2, 0) is 9.59 Å². The fourth-order valence-electron chi connectivity index (χ4n) is 1.42. The second-order valence-corrected chi connectivity index (χ2v) is 3.67. The number of carboxylic acid groups (broad SMARTS) is 1. The Morgan fingerprint density at radius 1 is 1.40 bits per heavy atom. The number of Topliss-reactive ketones (excluding diaryl/α,β-unsaturated/α-hetero) is 1. The molecule has 1 unspecified atom stereocenters. The highest BCUT2D eigenvalue weighted by atomic mass is 16.4. The van der Waals surface area contributed by atoms with E-state index in [1.165, 1.54) is 0 Å². The molecule has 0 saturated heterocycles. The lowest BCUT2D eigenvalue weighted by Gasteiger charge is -2.10. The average molecular weight is 210 g/mol. The van der Waals surface area contributed by atoms with E-state index in [1.54, 1.807) is 0 Å². The number of carbonyl (C=O) groups is 2. The van der Waals surface area contributed by atoms with Crippen LogP contribution in [0, 0.1) is 18.3 Å². The van der Waals surface area contributed by atoms with Gasteiger partial charge in [-0.05, 0) is 12.3 Å². The quantitative estimate of drug-likeness (QED) is 0.494. The van der Waals surface area contributed by atoms with E-state index in [0.29, 0.717) is 25.7 Å². The third-order valence-electron chi connectivity index (χ3n) is 2.33. The van der Waals surface area contributed by atoms with E-state index >= 15 is 0 Å². The van der Waals surface area contributed by atoms with E-state index in [1.807, 2.05) is 6.92 Å². The second kappa shape index (κ2) is 8.05. The van der Waals surface area contributed by atoms with Gasteiger partial charge >= 0.3 is 5.97 Å². The van der Waals surface area contributed by atoms with Gasteiger partial charge in [0.25, 0.3) is 0 Å². The topological polar surface area (TPSA) is 54.4 Å². The first kappa shape index (κ1) is 13.7. The number of terminal acetylenes is 1. The minimum absolute atomic E-state index is 0.0270. The van der Waals surface area contributed by atoms with Gasteiger partial charge in [0.1, 0.15) is 5.78 Å². The summed E-state index contributed by atoms with van der Waals surface area (Å²) >= 11 is 0. The van der Waals surface area contributed by atoms with Gasteiger partial charge in [0.05, 0.1) is 0 Å². The molecular formula is C12H18O3. The Balaban J connectivity index is 3.81. The van der Waals surface area contributed by atoms with Crippen molar-refractivity contribution in [3.05, 3.63) is 0 Å². The predicted molar refractivity (Wildman–Crippen MR) is 58.3 cm³/mol. The summed E-state index contributed by atoms with van der Waals surface area (Å²) in [5.41, 5.74) is 0. The van der Waals surface area contributed by atoms with E-state index in [9.17, 15) is 9.59 Å². The first-order valence-electron chi connectivity index (χ1n) is 5.27. The number of rotatable bonds is 8. The molecule has 0 heterocycles. The zero-order chi connectivity index (χ0) is 11.7. The summed E-state index contributed by atoms with van der Waals surface area (Å²) in [6, 6.07) is 0. The Morgan fingerprint density at radius 2 is 2.07 bits per heavy atom. The molecule has 0 radical (unpaired) electrons. The van der Waals surface area contributed by atoms with Crippen molar-refractivity contribution in [2.75, 3.05) is 0 Å². The van der Waals surface area contributed by atoms with Crippen molar-refractivity contribution in [2.24, 2.45) is 5.92 Å². The van der Waals surface area contributed by atoms with Crippen molar-refractivity contribution in [3.63, 3.8) is 0 Å². The summed E-state index contributed by atoms with van der Waals surface area (Å²) in [5.74, 6) is 1.74. The van der Waals surface area contributed by atoms with Crippen molar-refractivity contribution in [2.45, 2.75) is 45.4 Å². The SMILES string of the molecule is C#CCCCC(=O)CC(CC)CC(=O)O. The lowest BCUT2D eigenvalue weighted by atomic mass is 9.94. The highest BCUT2D eigenvalue weighted by Crippen LogP contribution is 2.15. The van der Waals surface area contributed by atoms with Crippen molar-refractivity contribution in [1.82, 2.24) is 0 Å². The first-order valence-corrected chi connectivity index (χ1v) is 5.27. The molecule has 3 nitrogen and oxygen atoms in total. The van der Waals surface area contributed by atoms with Gasteiger partial charge in [0.2, 0.25) is 0 Å². The van der Waals surface area contributed by atoms with Gasteiger partial charge in [-0.2, -0.15) is 0 Å². The standard InChI is InChI=1S/C12H18O3/c1-3-5-6-7-11(13)8-10(4-2)9-12(14)15/h1,10H,4-9H2,2H3,(H,14,15). The highest BCUT2D eigenvalue weighted by molar-refractivity contribution is 5.79. The summed E-state index contributed by atoms with van der Waals surface area (Å²) in [7, 11) is 0. The fourth-order valence-corrected chi connectivity index (χ4v) is 1.42. The van der Waals surface area contributed by atoms with Crippen LogP contribution >= 0.6 is 0 Å². The predicted octanol–water partition coefficient (Wildman–Crippen LogP) is 2.25. The third kappa shape index (κ3) is 7.75. The number of unbranched alkanes of at least 4 members (excludes halogenated alkanes) is 1. The minimum Gasteiger partial charge on any atom is -0.481 e. The number of hydrogen-bond donors (Lipinski definition) is 1. The maximum atomic E-state index is 11.4. The molecule has 0 saturated carbocycles. The van der Waals surface area contributed by atoms with E-state index < -0.39 is 5.97 Å². The first-order chi connectivity index (χ1) is 7.10. The van der Waals surface area contributed by atoms with Crippen molar-refractivity contribution >= 4 is 11.8 Å². The minimum atomic E-state index is -0.835. The zero-order valence-corrected chi connectivity index (χ0v) is 9.16. The van der Waals surface area contributed by atoms with Gasteiger partial charge in [0.15, 0.2) is 0 Å². The smallest absolute Gasteiger partial charge is 0.303 e. The summed E-state index contributed by atoms with van der Waals surface area (Å²) in [6.45, 7) is 1.91. The van der Waals surface area contributed by atoms with Crippen LogP contribution in [0.2, 0.25) is 0 Å². The van der Waals surface area contributed by atoms with Crippen LogP contribution in [0.25, 0.3) is 0 Å². The third-order valence-corrected chi connectivity index (χ3v) is 2.33. The van der Waals surface area contributed by atoms with Gasteiger partial charge in [0, 0.05) is 25.7 Å². The van der Waals surface area contributed by atoms with E-state index in [2.05, 4.69) is 5.92 Å². The Kier molecular flexibility index (Phi) is 7.35. The van der Waals surface area contributed by atoms with Crippen molar-refractivity contribution in [1.29, 1.82) is 0 Å². The Hall–Kier alpha value is -1.30.